The second kappa shape index (κ2) is 6.12. The van der Waals surface area contributed by atoms with E-state index in [1.807, 2.05) is 36.2 Å². The first-order chi connectivity index (χ1) is 12.1. The molecule has 1 aliphatic rings. The molecule has 4 rings (SSSR count). The number of halogens is 1. The number of anilines is 2. The molecule has 5 nitrogen and oxygen atoms in total. The summed E-state index contributed by atoms with van der Waals surface area (Å²) in [5.74, 6) is 0.811. The minimum absolute atomic E-state index is 0.107. The molecular weight excluding hydrogens is 319 g/mol. The number of aromatic nitrogens is 2. The molecule has 25 heavy (non-hydrogen) atoms. The summed E-state index contributed by atoms with van der Waals surface area (Å²) < 4.78 is 13.4. The number of nitrogens with zero attached hydrogens (tertiary/aromatic N) is 4. The number of carbonyl (C=O) groups excluding carboxylic acids is 1. The average Bonchev–Trinajstić information content (AvgIpc) is 2.61. The Morgan fingerprint density at radius 1 is 1.04 bits per heavy atom. The second-order valence-electron chi connectivity index (χ2n) is 6.13. The van der Waals surface area contributed by atoms with Crippen molar-refractivity contribution in [2.45, 2.75) is 6.42 Å². The first-order valence-electron chi connectivity index (χ1n) is 8.14. The van der Waals surface area contributed by atoms with E-state index in [0.29, 0.717) is 30.3 Å². The fraction of sp³-hybridized carbons (Fsp3) is 0.211. The van der Waals surface area contributed by atoms with Crippen LogP contribution in [0.1, 0.15) is 5.56 Å². The topological polar surface area (TPSA) is 49.3 Å². The number of fused-ring (bicyclic) bond motifs is 2. The molecule has 0 saturated heterocycles. The van der Waals surface area contributed by atoms with Crippen molar-refractivity contribution in [2.75, 3.05) is 29.9 Å². The van der Waals surface area contributed by atoms with Crippen LogP contribution in [0.3, 0.4) is 0 Å². The lowest BCUT2D eigenvalue weighted by Crippen LogP contribution is -2.44. The zero-order valence-corrected chi connectivity index (χ0v) is 13.8. The van der Waals surface area contributed by atoms with Crippen LogP contribution >= 0.6 is 0 Å². The standard InChI is InChI=1S/C19H17FN4O/c1-23-9-10-24(17(25)12-13-5-4-6-14(20)11-13)19-18(23)21-15-7-2-3-8-16(15)22-19/h2-8,11H,9-10,12H2,1H3. The SMILES string of the molecule is CN1CCN(C(=O)Cc2cccc(F)c2)c2nc3ccccc3nc21. The lowest BCUT2D eigenvalue weighted by Gasteiger charge is -2.33. The average molecular weight is 336 g/mol. The molecule has 0 unspecified atom stereocenters. The van der Waals surface area contributed by atoms with Gasteiger partial charge in [-0.3, -0.25) is 9.69 Å². The zero-order chi connectivity index (χ0) is 17.4. The van der Waals surface area contributed by atoms with Gasteiger partial charge in [-0.15, -0.1) is 0 Å². The van der Waals surface area contributed by atoms with Crippen LogP contribution in [-0.2, 0) is 11.2 Å². The monoisotopic (exact) mass is 336 g/mol. The summed E-state index contributed by atoms with van der Waals surface area (Å²) >= 11 is 0. The van der Waals surface area contributed by atoms with E-state index >= 15 is 0 Å². The van der Waals surface area contributed by atoms with Crippen LogP contribution in [-0.4, -0.2) is 36.0 Å². The summed E-state index contributed by atoms with van der Waals surface area (Å²) in [4.78, 5) is 25.8. The number of carbonyl (C=O) groups is 1. The third-order valence-electron chi connectivity index (χ3n) is 4.36. The first kappa shape index (κ1) is 15.5. The maximum absolute atomic E-state index is 13.4. The summed E-state index contributed by atoms with van der Waals surface area (Å²) in [5.41, 5.74) is 2.20. The predicted molar refractivity (Wildman–Crippen MR) is 95.3 cm³/mol. The fourth-order valence-corrected chi connectivity index (χ4v) is 3.04. The van der Waals surface area contributed by atoms with Crippen LogP contribution in [0.4, 0.5) is 16.0 Å². The summed E-state index contributed by atoms with van der Waals surface area (Å²) in [6, 6.07) is 13.7. The highest BCUT2D eigenvalue weighted by Crippen LogP contribution is 2.30. The highest BCUT2D eigenvalue weighted by atomic mass is 19.1. The maximum atomic E-state index is 13.4. The lowest BCUT2D eigenvalue weighted by molar-refractivity contribution is -0.118. The van der Waals surface area contributed by atoms with E-state index in [2.05, 4.69) is 9.97 Å². The third kappa shape index (κ3) is 2.91. The molecule has 0 N–H and O–H groups in total. The van der Waals surface area contributed by atoms with Crippen molar-refractivity contribution in [3.05, 3.63) is 59.9 Å². The van der Waals surface area contributed by atoms with E-state index in [9.17, 15) is 9.18 Å². The van der Waals surface area contributed by atoms with Crippen molar-refractivity contribution in [3.8, 4) is 0 Å². The number of rotatable bonds is 2. The van der Waals surface area contributed by atoms with Gasteiger partial charge in [-0.05, 0) is 29.8 Å². The quantitative estimate of drug-likeness (QED) is 0.722. The molecule has 0 atom stereocenters. The Labute approximate surface area is 144 Å². The number of hydrogen-bond donors (Lipinski definition) is 0. The van der Waals surface area contributed by atoms with Crippen molar-refractivity contribution < 1.29 is 9.18 Å². The van der Waals surface area contributed by atoms with Gasteiger partial charge in [0, 0.05) is 20.1 Å². The van der Waals surface area contributed by atoms with Gasteiger partial charge >= 0.3 is 0 Å². The molecule has 0 radical (unpaired) electrons. The van der Waals surface area contributed by atoms with Gasteiger partial charge in [0.15, 0.2) is 11.6 Å². The minimum Gasteiger partial charge on any atom is -0.355 e. The van der Waals surface area contributed by atoms with E-state index in [4.69, 9.17) is 0 Å². The van der Waals surface area contributed by atoms with Gasteiger partial charge in [0.2, 0.25) is 5.91 Å². The normalized spacial score (nSPS) is 13.8. The van der Waals surface area contributed by atoms with Gasteiger partial charge in [-0.2, -0.15) is 0 Å². The van der Waals surface area contributed by atoms with Crippen LogP contribution < -0.4 is 9.80 Å². The zero-order valence-electron chi connectivity index (χ0n) is 13.8. The molecule has 1 amide bonds. The lowest BCUT2D eigenvalue weighted by atomic mass is 10.1. The van der Waals surface area contributed by atoms with Crippen LogP contribution in [0.25, 0.3) is 11.0 Å². The van der Waals surface area contributed by atoms with Crippen molar-refractivity contribution in [2.24, 2.45) is 0 Å². The molecule has 3 aromatic rings. The van der Waals surface area contributed by atoms with Crippen LogP contribution in [0.5, 0.6) is 0 Å². The number of likely N-dealkylation sites (N-methyl/N-ethyl adjacent to an activating group) is 1. The highest BCUT2D eigenvalue weighted by molar-refractivity contribution is 5.98. The van der Waals surface area contributed by atoms with E-state index in [1.54, 1.807) is 17.0 Å². The maximum Gasteiger partial charge on any atom is 0.232 e. The van der Waals surface area contributed by atoms with E-state index in [-0.39, 0.29) is 18.1 Å². The van der Waals surface area contributed by atoms with Crippen molar-refractivity contribution in [1.29, 1.82) is 0 Å². The largest absolute Gasteiger partial charge is 0.355 e. The molecule has 2 aromatic carbocycles. The van der Waals surface area contributed by atoms with Gasteiger partial charge in [0.25, 0.3) is 0 Å². The molecule has 0 bridgehead atoms. The molecular formula is C19H17FN4O. The van der Waals surface area contributed by atoms with Gasteiger partial charge in [0.1, 0.15) is 5.82 Å². The van der Waals surface area contributed by atoms with Gasteiger partial charge in [-0.25, -0.2) is 14.4 Å². The Balaban J connectivity index is 1.71. The van der Waals surface area contributed by atoms with Crippen molar-refractivity contribution in [3.63, 3.8) is 0 Å². The molecule has 2 heterocycles. The number of hydrogen-bond acceptors (Lipinski definition) is 4. The molecule has 1 aliphatic heterocycles. The van der Waals surface area contributed by atoms with E-state index in [1.165, 1.54) is 12.1 Å². The molecule has 6 heteroatoms. The Kier molecular flexibility index (Phi) is 3.80. The van der Waals surface area contributed by atoms with Crippen LogP contribution in [0, 0.1) is 5.82 Å². The second-order valence-corrected chi connectivity index (χ2v) is 6.13. The highest BCUT2D eigenvalue weighted by Gasteiger charge is 2.28. The Bertz CT molecular complexity index is 959. The molecule has 0 aliphatic carbocycles. The molecule has 126 valence electrons. The minimum atomic E-state index is -0.338. The number of benzene rings is 2. The van der Waals surface area contributed by atoms with Crippen LogP contribution in [0.2, 0.25) is 0 Å². The molecule has 0 fully saturated rings. The molecule has 1 aromatic heterocycles. The van der Waals surface area contributed by atoms with Crippen molar-refractivity contribution >= 4 is 28.6 Å². The van der Waals surface area contributed by atoms with Crippen molar-refractivity contribution in [1.82, 2.24) is 9.97 Å². The van der Waals surface area contributed by atoms with Gasteiger partial charge in [0.05, 0.1) is 17.5 Å². The summed E-state index contributed by atoms with van der Waals surface area (Å²) in [5, 5.41) is 0. The van der Waals surface area contributed by atoms with E-state index < -0.39 is 0 Å². The predicted octanol–water partition coefficient (Wildman–Crippen LogP) is 2.79. The molecule has 0 saturated carbocycles. The first-order valence-corrected chi connectivity index (χ1v) is 8.14. The smallest absolute Gasteiger partial charge is 0.232 e. The number of amides is 1. The summed E-state index contributed by atoms with van der Waals surface area (Å²) in [6.07, 6.45) is 0.134. The Morgan fingerprint density at radius 3 is 2.48 bits per heavy atom. The number of para-hydroxylation sites is 2. The van der Waals surface area contributed by atoms with Crippen LogP contribution in [0.15, 0.2) is 48.5 Å². The third-order valence-corrected chi connectivity index (χ3v) is 4.36. The summed E-state index contributed by atoms with van der Waals surface area (Å²) in [6.45, 7) is 1.21. The summed E-state index contributed by atoms with van der Waals surface area (Å²) in [7, 11) is 1.94. The fourth-order valence-electron chi connectivity index (χ4n) is 3.04. The van der Waals surface area contributed by atoms with Gasteiger partial charge < -0.3 is 4.90 Å². The molecule has 0 spiro atoms. The Morgan fingerprint density at radius 2 is 1.76 bits per heavy atom. The van der Waals surface area contributed by atoms with Gasteiger partial charge in [-0.1, -0.05) is 24.3 Å². The Hall–Kier alpha value is -3.02. The van der Waals surface area contributed by atoms with E-state index in [0.717, 1.165) is 11.0 Å².